The molecule has 2 rings (SSSR count). The number of rotatable bonds is 2. The van der Waals surface area contributed by atoms with Crippen LogP contribution in [-0.4, -0.2) is 5.78 Å². The van der Waals surface area contributed by atoms with Crippen molar-refractivity contribution in [2.75, 3.05) is 0 Å². The van der Waals surface area contributed by atoms with Crippen molar-refractivity contribution in [3.63, 3.8) is 0 Å². The van der Waals surface area contributed by atoms with Crippen molar-refractivity contribution >= 4 is 33.3 Å². The quantitative estimate of drug-likeness (QED) is 0.725. The van der Waals surface area contributed by atoms with E-state index in [0.29, 0.717) is 5.56 Å². The molecule has 0 unspecified atom stereocenters. The highest BCUT2D eigenvalue weighted by molar-refractivity contribution is 9.10. The maximum absolute atomic E-state index is 13.3. The second-order valence-corrected chi connectivity index (χ2v) is 5.18. The van der Waals surface area contributed by atoms with Crippen molar-refractivity contribution in [2.45, 2.75) is 6.92 Å². The Hall–Kier alpha value is -1.19. The molecule has 0 saturated carbocycles. The number of halogens is 3. The summed E-state index contributed by atoms with van der Waals surface area (Å²) in [6.07, 6.45) is 0. The van der Waals surface area contributed by atoms with E-state index in [1.807, 2.05) is 13.0 Å². The Balaban J connectivity index is 2.41. The molecule has 0 N–H and O–H groups in total. The highest BCUT2D eigenvalue weighted by Gasteiger charge is 2.12. The molecule has 0 aliphatic carbocycles. The molecule has 0 aliphatic rings. The van der Waals surface area contributed by atoms with E-state index >= 15 is 0 Å². The summed E-state index contributed by atoms with van der Waals surface area (Å²) in [4.78, 5) is 12.1. The van der Waals surface area contributed by atoms with Gasteiger partial charge >= 0.3 is 0 Å². The van der Waals surface area contributed by atoms with Crippen molar-refractivity contribution in [3.05, 3.63) is 68.4 Å². The van der Waals surface area contributed by atoms with E-state index in [2.05, 4.69) is 15.9 Å². The number of ketones is 1. The molecule has 0 amide bonds. The number of aryl methyl sites for hydroxylation is 1. The van der Waals surface area contributed by atoms with Crippen LogP contribution in [0.1, 0.15) is 21.5 Å². The normalized spacial score (nSPS) is 10.4. The van der Waals surface area contributed by atoms with Crippen molar-refractivity contribution in [2.24, 2.45) is 0 Å². The van der Waals surface area contributed by atoms with Crippen molar-refractivity contribution in [3.8, 4) is 0 Å². The minimum absolute atomic E-state index is 0.0108. The highest BCUT2D eigenvalue weighted by Crippen LogP contribution is 2.21. The van der Waals surface area contributed by atoms with Gasteiger partial charge in [-0.25, -0.2) is 4.39 Å². The molecule has 2 aromatic rings. The van der Waals surface area contributed by atoms with Gasteiger partial charge in [-0.2, -0.15) is 0 Å². The third kappa shape index (κ3) is 2.62. The molecule has 0 fully saturated rings. The summed E-state index contributed by atoms with van der Waals surface area (Å²) in [5, 5.41) is 0.0108. The van der Waals surface area contributed by atoms with Gasteiger partial charge in [-0.15, -0.1) is 0 Å². The Bertz CT molecular complexity index is 572. The Morgan fingerprint density at radius 2 is 1.78 bits per heavy atom. The maximum Gasteiger partial charge on any atom is 0.193 e. The van der Waals surface area contributed by atoms with Crippen LogP contribution in [0.15, 0.2) is 40.9 Å². The monoisotopic (exact) mass is 326 g/mol. The van der Waals surface area contributed by atoms with Crippen LogP contribution >= 0.6 is 27.5 Å². The van der Waals surface area contributed by atoms with Crippen LogP contribution in [0.5, 0.6) is 0 Å². The summed E-state index contributed by atoms with van der Waals surface area (Å²) in [5.74, 6) is -0.819. The van der Waals surface area contributed by atoms with Gasteiger partial charge in [0.1, 0.15) is 5.82 Å². The third-order valence-corrected chi connectivity index (χ3v) is 3.78. The van der Waals surface area contributed by atoms with Gasteiger partial charge in [-0.3, -0.25) is 4.79 Å². The second-order valence-electron chi connectivity index (χ2n) is 3.92. The van der Waals surface area contributed by atoms with Crippen LogP contribution in [0.2, 0.25) is 5.02 Å². The van der Waals surface area contributed by atoms with Gasteiger partial charge in [-0.1, -0.05) is 39.7 Å². The van der Waals surface area contributed by atoms with Gasteiger partial charge < -0.3 is 0 Å². The molecule has 0 atom stereocenters. The number of carbonyl (C=O) groups is 1. The van der Waals surface area contributed by atoms with Crippen molar-refractivity contribution in [1.82, 2.24) is 0 Å². The SMILES string of the molecule is Cc1ccc(C(=O)c2ccc(Cl)c(F)c2)cc1Br. The molecule has 0 spiro atoms. The average Bonchev–Trinajstić information content (AvgIpc) is 2.35. The highest BCUT2D eigenvalue weighted by atomic mass is 79.9. The molecule has 0 saturated heterocycles. The molecule has 0 radical (unpaired) electrons. The Labute approximate surface area is 118 Å². The van der Waals surface area contributed by atoms with Gasteiger partial charge in [0.15, 0.2) is 5.78 Å². The van der Waals surface area contributed by atoms with Crippen LogP contribution in [0, 0.1) is 12.7 Å². The van der Waals surface area contributed by atoms with Crippen LogP contribution in [0.3, 0.4) is 0 Å². The predicted octanol–water partition coefficient (Wildman–Crippen LogP) is 4.78. The van der Waals surface area contributed by atoms with Crippen LogP contribution in [0.4, 0.5) is 4.39 Å². The molecule has 0 heterocycles. The predicted molar refractivity (Wildman–Crippen MR) is 73.7 cm³/mol. The van der Waals surface area contributed by atoms with Crippen LogP contribution in [0.25, 0.3) is 0 Å². The maximum atomic E-state index is 13.3. The smallest absolute Gasteiger partial charge is 0.193 e. The summed E-state index contributed by atoms with van der Waals surface area (Å²) in [7, 11) is 0. The zero-order valence-corrected chi connectivity index (χ0v) is 11.8. The lowest BCUT2D eigenvalue weighted by Gasteiger charge is -2.04. The minimum atomic E-state index is -0.589. The van der Waals surface area contributed by atoms with Gasteiger partial charge in [0.2, 0.25) is 0 Å². The van der Waals surface area contributed by atoms with Crippen LogP contribution < -0.4 is 0 Å². The fraction of sp³-hybridized carbons (Fsp3) is 0.0714. The first kappa shape index (κ1) is 13.2. The molecule has 0 bridgehead atoms. The molecule has 2 aromatic carbocycles. The summed E-state index contributed by atoms with van der Waals surface area (Å²) >= 11 is 8.95. The molecule has 0 aliphatic heterocycles. The topological polar surface area (TPSA) is 17.1 Å². The second kappa shape index (κ2) is 5.21. The summed E-state index contributed by atoms with van der Waals surface area (Å²) in [6.45, 7) is 1.93. The van der Waals surface area contributed by atoms with E-state index in [4.69, 9.17) is 11.6 Å². The number of hydrogen-bond donors (Lipinski definition) is 0. The first-order chi connectivity index (χ1) is 8.49. The van der Waals surface area contributed by atoms with Gasteiger partial charge in [0, 0.05) is 15.6 Å². The third-order valence-electron chi connectivity index (χ3n) is 2.62. The van der Waals surface area contributed by atoms with Crippen LogP contribution in [-0.2, 0) is 0 Å². The molecule has 1 nitrogen and oxygen atoms in total. The molecule has 4 heteroatoms. The van der Waals surface area contributed by atoms with E-state index in [0.717, 1.165) is 16.1 Å². The number of carbonyl (C=O) groups excluding carboxylic acids is 1. The average molecular weight is 328 g/mol. The Morgan fingerprint density at radius 1 is 1.17 bits per heavy atom. The Morgan fingerprint density at radius 3 is 2.39 bits per heavy atom. The fourth-order valence-corrected chi connectivity index (χ4v) is 2.03. The fourth-order valence-electron chi connectivity index (χ4n) is 1.54. The molecule has 0 aromatic heterocycles. The first-order valence-electron chi connectivity index (χ1n) is 5.25. The van der Waals surface area contributed by atoms with E-state index in [9.17, 15) is 9.18 Å². The van der Waals surface area contributed by atoms with E-state index in [1.165, 1.54) is 12.1 Å². The van der Waals surface area contributed by atoms with E-state index in [1.54, 1.807) is 12.1 Å². The standard InChI is InChI=1S/C14H9BrClFO/c1-8-2-3-9(6-11(8)15)14(18)10-4-5-12(16)13(17)7-10/h2-7H,1H3. The van der Waals surface area contributed by atoms with E-state index in [-0.39, 0.29) is 16.4 Å². The van der Waals surface area contributed by atoms with Crippen molar-refractivity contribution < 1.29 is 9.18 Å². The van der Waals surface area contributed by atoms with Crippen molar-refractivity contribution in [1.29, 1.82) is 0 Å². The lowest BCUT2D eigenvalue weighted by atomic mass is 10.0. The lowest BCUT2D eigenvalue weighted by molar-refractivity contribution is 0.103. The molecule has 18 heavy (non-hydrogen) atoms. The van der Waals surface area contributed by atoms with Gasteiger partial charge in [0.25, 0.3) is 0 Å². The summed E-state index contributed by atoms with van der Waals surface area (Å²) in [5.41, 5.74) is 1.83. The lowest BCUT2D eigenvalue weighted by Crippen LogP contribution is -2.02. The van der Waals surface area contributed by atoms with Gasteiger partial charge in [0.05, 0.1) is 5.02 Å². The summed E-state index contributed by atoms with van der Waals surface area (Å²) < 4.78 is 14.2. The zero-order chi connectivity index (χ0) is 13.3. The summed E-state index contributed by atoms with van der Waals surface area (Å²) in [6, 6.07) is 9.33. The first-order valence-corrected chi connectivity index (χ1v) is 6.42. The van der Waals surface area contributed by atoms with Gasteiger partial charge in [-0.05, 0) is 36.8 Å². The van der Waals surface area contributed by atoms with E-state index < -0.39 is 5.82 Å². The molecular weight excluding hydrogens is 319 g/mol. The zero-order valence-electron chi connectivity index (χ0n) is 9.51. The number of benzene rings is 2. The largest absolute Gasteiger partial charge is 0.289 e. The molecule has 92 valence electrons. The minimum Gasteiger partial charge on any atom is -0.289 e. The Kier molecular flexibility index (Phi) is 3.83. The molecular formula is C14H9BrClFO. The number of hydrogen-bond acceptors (Lipinski definition) is 1.